The molecule has 3 aromatic rings. The molecule has 0 unspecified atom stereocenters. The molecule has 1 aliphatic heterocycles. The van der Waals surface area contributed by atoms with Crippen molar-refractivity contribution in [2.45, 2.75) is 37.5 Å². The van der Waals surface area contributed by atoms with E-state index in [1.807, 2.05) is 74.6 Å². The summed E-state index contributed by atoms with van der Waals surface area (Å²) in [6, 6.07) is 29.0. The average molecular weight is 456 g/mol. The second-order valence-electron chi connectivity index (χ2n) is 9.46. The fourth-order valence-corrected chi connectivity index (χ4v) is 5.09. The fraction of sp³-hybridized carbons (Fsp3) is 0.367. The van der Waals surface area contributed by atoms with Crippen LogP contribution in [0.25, 0.3) is 0 Å². The first-order valence-electron chi connectivity index (χ1n) is 12.5. The van der Waals surface area contributed by atoms with Gasteiger partial charge in [0.25, 0.3) is 0 Å². The summed E-state index contributed by atoms with van der Waals surface area (Å²) in [5, 5.41) is 6.48. The van der Waals surface area contributed by atoms with Crippen molar-refractivity contribution in [2.75, 3.05) is 38.5 Å². The van der Waals surface area contributed by atoms with Gasteiger partial charge in [0, 0.05) is 19.3 Å². The summed E-state index contributed by atoms with van der Waals surface area (Å²) >= 11 is 0. The van der Waals surface area contributed by atoms with Crippen LogP contribution in [0.15, 0.2) is 84.9 Å². The third kappa shape index (κ3) is 5.51. The second kappa shape index (κ2) is 11.3. The molecule has 0 aliphatic carbocycles. The maximum atomic E-state index is 13.4. The van der Waals surface area contributed by atoms with Crippen molar-refractivity contribution in [3.63, 3.8) is 0 Å². The summed E-state index contributed by atoms with van der Waals surface area (Å²) in [5.74, 6) is 0.703. The van der Waals surface area contributed by atoms with E-state index in [2.05, 4.69) is 39.8 Å². The largest absolute Gasteiger partial charge is 0.388 e. The van der Waals surface area contributed by atoms with Crippen molar-refractivity contribution >= 4 is 11.6 Å². The van der Waals surface area contributed by atoms with Gasteiger partial charge >= 0.3 is 0 Å². The lowest BCUT2D eigenvalue weighted by Crippen LogP contribution is -2.44. The SMILES string of the molecule is CNc1cccc(C2CCN(CCCNC(=O)C(C)(c3ccccc3)c3ccccc3)CC2)c1. The second-order valence-corrected chi connectivity index (χ2v) is 9.46. The van der Waals surface area contributed by atoms with E-state index in [1.165, 1.54) is 24.1 Å². The maximum Gasteiger partial charge on any atom is 0.234 e. The molecule has 0 aromatic heterocycles. The molecule has 4 nitrogen and oxygen atoms in total. The normalized spacial score (nSPS) is 15.1. The van der Waals surface area contributed by atoms with Crippen LogP contribution in [0.1, 0.15) is 48.8 Å². The van der Waals surface area contributed by atoms with E-state index in [1.54, 1.807) is 0 Å². The Bertz CT molecular complexity index is 1000. The number of carbonyl (C=O) groups is 1. The third-order valence-corrected chi connectivity index (χ3v) is 7.33. The molecule has 1 heterocycles. The third-order valence-electron chi connectivity index (χ3n) is 7.33. The number of carbonyl (C=O) groups excluding carboxylic acids is 1. The van der Waals surface area contributed by atoms with Gasteiger partial charge in [0.2, 0.25) is 5.91 Å². The summed E-state index contributed by atoms with van der Waals surface area (Å²) in [5.41, 5.74) is 3.96. The summed E-state index contributed by atoms with van der Waals surface area (Å²) < 4.78 is 0. The minimum absolute atomic E-state index is 0.0630. The van der Waals surface area contributed by atoms with Gasteiger partial charge in [-0.25, -0.2) is 0 Å². The van der Waals surface area contributed by atoms with Crippen molar-refractivity contribution in [3.05, 3.63) is 102 Å². The molecule has 0 bridgehead atoms. The molecular formula is C30H37N3O. The van der Waals surface area contributed by atoms with Crippen LogP contribution in [0.2, 0.25) is 0 Å². The Balaban J connectivity index is 1.28. The van der Waals surface area contributed by atoms with Crippen LogP contribution >= 0.6 is 0 Å². The first kappa shape index (κ1) is 24.0. The van der Waals surface area contributed by atoms with Crippen molar-refractivity contribution in [1.82, 2.24) is 10.2 Å². The van der Waals surface area contributed by atoms with Gasteiger partial charge in [-0.15, -0.1) is 0 Å². The topological polar surface area (TPSA) is 44.4 Å². The van der Waals surface area contributed by atoms with Gasteiger partial charge in [-0.05, 0) is 80.6 Å². The quantitative estimate of drug-likeness (QED) is 0.424. The zero-order valence-corrected chi connectivity index (χ0v) is 20.5. The van der Waals surface area contributed by atoms with Gasteiger partial charge in [0.1, 0.15) is 0 Å². The molecule has 4 heteroatoms. The predicted octanol–water partition coefficient (Wildman–Crippen LogP) is 5.42. The number of benzene rings is 3. The van der Waals surface area contributed by atoms with Crippen LogP contribution in [0.3, 0.4) is 0 Å². The summed E-state index contributed by atoms with van der Waals surface area (Å²) in [4.78, 5) is 16.0. The van der Waals surface area contributed by atoms with Gasteiger partial charge in [-0.1, -0.05) is 72.8 Å². The van der Waals surface area contributed by atoms with Crippen molar-refractivity contribution in [2.24, 2.45) is 0 Å². The molecule has 34 heavy (non-hydrogen) atoms. The van der Waals surface area contributed by atoms with Crippen LogP contribution in [0.5, 0.6) is 0 Å². The number of nitrogens with zero attached hydrogens (tertiary/aromatic N) is 1. The highest BCUT2D eigenvalue weighted by Gasteiger charge is 2.36. The molecule has 3 aromatic carbocycles. The molecule has 1 fully saturated rings. The van der Waals surface area contributed by atoms with Gasteiger partial charge in [-0.3, -0.25) is 4.79 Å². The molecule has 0 spiro atoms. The minimum Gasteiger partial charge on any atom is -0.388 e. The highest BCUT2D eigenvalue weighted by molar-refractivity contribution is 5.91. The highest BCUT2D eigenvalue weighted by Crippen LogP contribution is 2.32. The van der Waals surface area contributed by atoms with E-state index in [-0.39, 0.29) is 5.91 Å². The first-order valence-corrected chi connectivity index (χ1v) is 12.5. The summed E-state index contributed by atoms with van der Waals surface area (Å²) in [6.07, 6.45) is 3.35. The van der Waals surface area contributed by atoms with E-state index in [0.717, 1.165) is 37.2 Å². The smallest absolute Gasteiger partial charge is 0.234 e. The van der Waals surface area contributed by atoms with Gasteiger partial charge in [0.15, 0.2) is 0 Å². The number of piperidine rings is 1. The number of hydrogen-bond acceptors (Lipinski definition) is 3. The lowest BCUT2D eigenvalue weighted by Gasteiger charge is -2.33. The molecule has 4 rings (SSSR count). The van der Waals surface area contributed by atoms with E-state index in [0.29, 0.717) is 12.5 Å². The Morgan fingerprint density at radius 1 is 0.912 bits per heavy atom. The van der Waals surface area contributed by atoms with E-state index < -0.39 is 5.41 Å². The minimum atomic E-state index is -0.706. The molecule has 1 saturated heterocycles. The molecule has 2 N–H and O–H groups in total. The maximum absolute atomic E-state index is 13.4. The highest BCUT2D eigenvalue weighted by atomic mass is 16.2. The number of anilines is 1. The average Bonchev–Trinajstić information content (AvgIpc) is 2.92. The van der Waals surface area contributed by atoms with Crippen molar-refractivity contribution in [3.8, 4) is 0 Å². The fourth-order valence-electron chi connectivity index (χ4n) is 5.09. The number of hydrogen-bond donors (Lipinski definition) is 2. The Morgan fingerprint density at radius 3 is 2.12 bits per heavy atom. The summed E-state index contributed by atoms with van der Waals surface area (Å²) in [7, 11) is 1.97. The van der Waals surface area contributed by atoms with Crippen molar-refractivity contribution in [1.29, 1.82) is 0 Å². The number of nitrogens with one attached hydrogen (secondary N) is 2. The zero-order chi connectivity index (χ0) is 23.8. The lowest BCUT2D eigenvalue weighted by atomic mass is 9.75. The molecule has 0 radical (unpaired) electrons. The predicted molar refractivity (Wildman–Crippen MR) is 141 cm³/mol. The first-order chi connectivity index (χ1) is 16.6. The monoisotopic (exact) mass is 455 g/mol. The van der Waals surface area contributed by atoms with Crippen LogP contribution in [-0.2, 0) is 10.2 Å². The van der Waals surface area contributed by atoms with Crippen LogP contribution in [0.4, 0.5) is 5.69 Å². The molecule has 178 valence electrons. The Kier molecular flexibility index (Phi) is 8.02. The van der Waals surface area contributed by atoms with Crippen LogP contribution in [-0.4, -0.2) is 44.0 Å². The lowest BCUT2D eigenvalue weighted by molar-refractivity contribution is -0.124. The Hall–Kier alpha value is -3.11. The van der Waals surface area contributed by atoms with Gasteiger partial charge in [0.05, 0.1) is 5.41 Å². The Morgan fingerprint density at radius 2 is 1.53 bits per heavy atom. The van der Waals surface area contributed by atoms with Gasteiger partial charge in [-0.2, -0.15) is 0 Å². The van der Waals surface area contributed by atoms with E-state index in [4.69, 9.17) is 0 Å². The standard InChI is InChI=1S/C30H37N3O/c1-30(26-12-5-3-6-13-26,27-14-7-4-8-15-27)29(34)32-19-10-20-33-21-17-24(18-22-33)25-11-9-16-28(23-25)31-2/h3-9,11-16,23-24,31H,10,17-22H2,1-2H3,(H,32,34). The summed E-state index contributed by atoms with van der Waals surface area (Å²) in [6.45, 7) is 5.98. The molecule has 1 amide bonds. The van der Waals surface area contributed by atoms with Gasteiger partial charge < -0.3 is 15.5 Å². The van der Waals surface area contributed by atoms with Crippen LogP contribution < -0.4 is 10.6 Å². The van der Waals surface area contributed by atoms with Crippen molar-refractivity contribution < 1.29 is 4.79 Å². The number of likely N-dealkylation sites (tertiary alicyclic amines) is 1. The number of amides is 1. The molecule has 0 atom stereocenters. The molecule has 0 saturated carbocycles. The number of rotatable bonds is 9. The van der Waals surface area contributed by atoms with Crippen LogP contribution in [0, 0.1) is 0 Å². The van der Waals surface area contributed by atoms with E-state index in [9.17, 15) is 4.79 Å². The molecule has 1 aliphatic rings. The Labute approximate surface area is 204 Å². The molecular weight excluding hydrogens is 418 g/mol. The zero-order valence-electron chi connectivity index (χ0n) is 20.5. The van der Waals surface area contributed by atoms with E-state index >= 15 is 0 Å².